The minimum Gasteiger partial charge on any atom is -0.477 e. The molecule has 0 aliphatic heterocycles. The molecule has 7 heteroatoms. The van der Waals surface area contributed by atoms with E-state index in [1.807, 2.05) is 0 Å². The van der Waals surface area contributed by atoms with E-state index in [4.69, 9.17) is 5.11 Å². The number of ether oxygens (including phenoxy) is 1. The zero-order valence-electron chi connectivity index (χ0n) is 8.64. The topological polar surface area (TPSA) is 93.4 Å². The molecule has 86 valence electrons. The van der Waals surface area contributed by atoms with Crippen LogP contribution in [0, 0.1) is 0 Å². The minimum atomic E-state index is -1.17. The van der Waals surface area contributed by atoms with Crippen LogP contribution in [0.25, 0.3) is 0 Å². The Labute approximate surface area is 91.3 Å². The van der Waals surface area contributed by atoms with Crippen molar-refractivity contribution in [2.75, 3.05) is 11.9 Å². The van der Waals surface area contributed by atoms with Crippen LogP contribution in [0.1, 0.15) is 10.4 Å². The molecular formula is C9H11N3O4. The van der Waals surface area contributed by atoms with Crippen molar-refractivity contribution in [1.29, 1.82) is 0 Å². The number of rotatable bonds is 4. The predicted molar refractivity (Wildman–Crippen MR) is 55.3 cm³/mol. The lowest BCUT2D eigenvalue weighted by molar-refractivity contribution is 0.0698. The first-order chi connectivity index (χ1) is 7.56. The Hall–Kier alpha value is -2.31. The Morgan fingerprint density at radius 1 is 1.75 bits per heavy atom. The van der Waals surface area contributed by atoms with Crippen LogP contribution in [-0.2, 0) is 11.8 Å². The highest BCUT2D eigenvalue weighted by molar-refractivity contribution is 5.97. The number of carbonyl (C=O) groups excluding carboxylic acids is 1. The normalized spacial score (nSPS) is 9.56. The summed E-state index contributed by atoms with van der Waals surface area (Å²) in [6.07, 6.45) is 1.79. The van der Waals surface area contributed by atoms with Gasteiger partial charge < -0.3 is 9.84 Å². The summed E-state index contributed by atoms with van der Waals surface area (Å²) in [6.45, 7) is 3.42. The van der Waals surface area contributed by atoms with Gasteiger partial charge in [0, 0.05) is 7.05 Å². The molecule has 0 atom stereocenters. The molecule has 7 nitrogen and oxygen atoms in total. The number of amides is 1. The van der Waals surface area contributed by atoms with Crippen LogP contribution in [0.5, 0.6) is 0 Å². The number of hydrogen-bond donors (Lipinski definition) is 2. The van der Waals surface area contributed by atoms with Gasteiger partial charge in [-0.15, -0.1) is 0 Å². The van der Waals surface area contributed by atoms with Crippen LogP contribution in [0.15, 0.2) is 18.9 Å². The Morgan fingerprint density at radius 2 is 2.44 bits per heavy atom. The predicted octanol–water partition coefficient (Wildman–Crippen LogP) is 0.853. The molecule has 0 aliphatic carbocycles. The number of anilines is 1. The molecule has 0 bridgehead atoms. The molecule has 0 fully saturated rings. The first-order valence-corrected chi connectivity index (χ1v) is 4.36. The van der Waals surface area contributed by atoms with Crippen LogP contribution in [0.4, 0.5) is 10.6 Å². The highest BCUT2D eigenvalue weighted by Gasteiger charge is 2.17. The monoisotopic (exact) mass is 225 g/mol. The summed E-state index contributed by atoms with van der Waals surface area (Å²) in [4.78, 5) is 22.0. The van der Waals surface area contributed by atoms with Gasteiger partial charge in [-0.3, -0.25) is 10.00 Å². The second kappa shape index (κ2) is 4.96. The third-order valence-corrected chi connectivity index (χ3v) is 1.72. The van der Waals surface area contributed by atoms with E-state index in [2.05, 4.69) is 21.7 Å². The number of carboxylic acids is 1. The van der Waals surface area contributed by atoms with Gasteiger partial charge in [0.25, 0.3) is 0 Å². The number of hydrogen-bond acceptors (Lipinski definition) is 4. The van der Waals surface area contributed by atoms with Crippen LogP contribution < -0.4 is 5.32 Å². The lowest BCUT2D eigenvalue weighted by Gasteiger charge is -2.06. The van der Waals surface area contributed by atoms with E-state index < -0.39 is 12.1 Å². The molecule has 1 amide bonds. The van der Waals surface area contributed by atoms with E-state index in [0.29, 0.717) is 0 Å². The molecule has 1 heterocycles. The molecular weight excluding hydrogens is 214 g/mol. The molecule has 1 rings (SSSR count). The largest absolute Gasteiger partial charge is 0.477 e. The van der Waals surface area contributed by atoms with Crippen molar-refractivity contribution in [3.63, 3.8) is 0 Å². The number of aromatic nitrogens is 2. The van der Waals surface area contributed by atoms with Crippen molar-refractivity contribution in [3.05, 3.63) is 24.4 Å². The Balaban J connectivity index is 2.79. The average molecular weight is 225 g/mol. The van der Waals surface area contributed by atoms with Crippen LogP contribution in [0.3, 0.4) is 0 Å². The smallest absolute Gasteiger partial charge is 0.413 e. The zero-order valence-corrected chi connectivity index (χ0v) is 8.64. The fraction of sp³-hybridized carbons (Fsp3) is 0.222. The minimum absolute atomic E-state index is 0.0477. The van der Waals surface area contributed by atoms with Gasteiger partial charge in [-0.1, -0.05) is 12.7 Å². The van der Waals surface area contributed by atoms with Gasteiger partial charge in [0.2, 0.25) is 0 Å². The van der Waals surface area contributed by atoms with E-state index in [0.717, 1.165) is 6.20 Å². The summed E-state index contributed by atoms with van der Waals surface area (Å²) >= 11 is 0. The quantitative estimate of drug-likeness (QED) is 0.741. The van der Waals surface area contributed by atoms with Gasteiger partial charge in [0.1, 0.15) is 18.0 Å². The van der Waals surface area contributed by atoms with E-state index in [1.165, 1.54) is 17.8 Å². The summed E-state index contributed by atoms with van der Waals surface area (Å²) in [5, 5.41) is 14.8. The number of carbonyl (C=O) groups is 2. The maximum absolute atomic E-state index is 11.2. The first kappa shape index (κ1) is 11.8. The van der Waals surface area contributed by atoms with Gasteiger partial charge in [0.15, 0.2) is 0 Å². The van der Waals surface area contributed by atoms with E-state index in [9.17, 15) is 9.59 Å². The molecule has 0 saturated carbocycles. The SMILES string of the molecule is C=CCOC(=O)Nc1c(C(=O)O)cnn1C. The number of aryl methyl sites for hydroxylation is 1. The van der Waals surface area contributed by atoms with E-state index >= 15 is 0 Å². The van der Waals surface area contributed by atoms with Crippen molar-refractivity contribution < 1.29 is 19.4 Å². The molecule has 1 aromatic heterocycles. The first-order valence-electron chi connectivity index (χ1n) is 4.36. The second-order valence-electron chi connectivity index (χ2n) is 2.85. The number of nitrogens with one attached hydrogen (secondary N) is 1. The fourth-order valence-electron chi connectivity index (χ4n) is 1.01. The molecule has 2 N–H and O–H groups in total. The Morgan fingerprint density at radius 3 is 3.00 bits per heavy atom. The van der Waals surface area contributed by atoms with Gasteiger partial charge in [-0.25, -0.2) is 9.59 Å². The van der Waals surface area contributed by atoms with Gasteiger partial charge in [-0.05, 0) is 0 Å². The molecule has 0 aliphatic rings. The summed E-state index contributed by atoms with van der Waals surface area (Å²) in [5.74, 6) is -1.10. The van der Waals surface area contributed by atoms with Crippen LogP contribution in [0.2, 0.25) is 0 Å². The summed E-state index contributed by atoms with van der Waals surface area (Å²) < 4.78 is 5.89. The molecule has 16 heavy (non-hydrogen) atoms. The standard InChI is InChI=1S/C9H11N3O4/c1-3-4-16-9(15)11-7-6(8(13)14)5-10-12(7)2/h3,5H,1,4H2,2H3,(H,11,15)(H,13,14). The number of carboxylic acid groups (broad SMARTS) is 1. The van der Waals surface area contributed by atoms with E-state index in [-0.39, 0.29) is 18.0 Å². The maximum Gasteiger partial charge on any atom is 0.413 e. The highest BCUT2D eigenvalue weighted by atomic mass is 16.5. The lowest BCUT2D eigenvalue weighted by Crippen LogP contribution is -2.17. The molecule has 0 aromatic carbocycles. The van der Waals surface area contributed by atoms with Crippen molar-refractivity contribution >= 4 is 17.9 Å². The Bertz CT molecular complexity index is 424. The zero-order chi connectivity index (χ0) is 12.1. The van der Waals surface area contributed by atoms with Gasteiger partial charge in [-0.2, -0.15) is 5.10 Å². The van der Waals surface area contributed by atoms with Gasteiger partial charge >= 0.3 is 12.1 Å². The third-order valence-electron chi connectivity index (χ3n) is 1.72. The van der Waals surface area contributed by atoms with Crippen molar-refractivity contribution in [2.45, 2.75) is 0 Å². The lowest BCUT2D eigenvalue weighted by atomic mass is 10.3. The number of nitrogens with zero attached hydrogens (tertiary/aromatic N) is 2. The molecule has 1 aromatic rings. The third kappa shape index (κ3) is 2.59. The fourth-order valence-corrected chi connectivity index (χ4v) is 1.01. The summed E-state index contributed by atoms with van der Waals surface area (Å²) in [6, 6.07) is 0. The number of aromatic carboxylic acids is 1. The van der Waals surface area contributed by atoms with Crippen LogP contribution in [-0.4, -0.2) is 33.6 Å². The highest BCUT2D eigenvalue weighted by Crippen LogP contribution is 2.13. The van der Waals surface area contributed by atoms with Crippen molar-refractivity contribution in [2.24, 2.45) is 7.05 Å². The maximum atomic E-state index is 11.2. The van der Waals surface area contributed by atoms with E-state index in [1.54, 1.807) is 0 Å². The average Bonchev–Trinajstić information content (AvgIpc) is 2.58. The van der Waals surface area contributed by atoms with Crippen molar-refractivity contribution in [3.8, 4) is 0 Å². The molecule has 0 radical (unpaired) electrons. The van der Waals surface area contributed by atoms with Gasteiger partial charge in [0.05, 0.1) is 6.20 Å². The molecule has 0 saturated heterocycles. The van der Waals surface area contributed by atoms with Crippen molar-refractivity contribution in [1.82, 2.24) is 9.78 Å². The summed E-state index contributed by atoms with van der Waals surface area (Å²) in [5.41, 5.74) is -0.0990. The summed E-state index contributed by atoms with van der Waals surface area (Å²) in [7, 11) is 1.51. The molecule has 0 unspecified atom stereocenters. The Kier molecular flexibility index (Phi) is 3.65. The van der Waals surface area contributed by atoms with Crippen LogP contribution >= 0.6 is 0 Å². The molecule has 0 spiro atoms. The second-order valence-corrected chi connectivity index (χ2v) is 2.85.